The molecule has 0 saturated carbocycles. The van der Waals surface area contributed by atoms with E-state index in [4.69, 9.17) is 0 Å². The van der Waals surface area contributed by atoms with Crippen molar-refractivity contribution in [2.24, 2.45) is 0 Å². The van der Waals surface area contributed by atoms with Gasteiger partial charge in [0, 0.05) is 13.0 Å². The lowest BCUT2D eigenvalue weighted by molar-refractivity contribution is -0.138. The lowest BCUT2D eigenvalue weighted by atomic mass is 9.92. The average molecular weight is 395 g/mol. The Morgan fingerprint density at radius 3 is 2.68 bits per heavy atom. The van der Waals surface area contributed by atoms with Crippen molar-refractivity contribution in [1.82, 2.24) is 25.1 Å². The molecule has 1 atom stereocenters. The maximum atomic E-state index is 13.1. The Hall–Kier alpha value is -2.45. The van der Waals surface area contributed by atoms with Gasteiger partial charge in [0.15, 0.2) is 5.82 Å². The summed E-state index contributed by atoms with van der Waals surface area (Å²) in [6.45, 7) is 5.86. The summed E-state index contributed by atoms with van der Waals surface area (Å²) in [4.78, 5) is 14.6. The molecule has 3 rings (SSSR count). The highest BCUT2D eigenvalue weighted by molar-refractivity contribution is 5.77. The van der Waals surface area contributed by atoms with E-state index in [2.05, 4.69) is 15.5 Å². The van der Waals surface area contributed by atoms with Gasteiger partial charge in [0.1, 0.15) is 5.54 Å². The topological polar surface area (TPSA) is 63.9 Å². The van der Waals surface area contributed by atoms with Crippen molar-refractivity contribution in [2.75, 3.05) is 0 Å². The molecule has 1 aliphatic rings. The Labute approximate surface area is 161 Å². The van der Waals surface area contributed by atoms with Gasteiger partial charge in [-0.2, -0.15) is 13.2 Å². The largest absolute Gasteiger partial charge is 0.416 e. The normalized spacial score (nSPS) is 21.2. The lowest BCUT2D eigenvalue weighted by Gasteiger charge is -2.39. The van der Waals surface area contributed by atoms with Crippen LogP contribution < -0.4 is 0 Å². The fourth-order valence-electron chi connectivity index (χ4n) is 3.71. The molecule has 1 unspecified atom stereocenters. The van der Waals surface area contributed by atoms with Gasteiger partial charge in [0.25, 0.3) is 0 Å². The molecule has 0 radical (unpaired) electrons. The Balaban J connectivity index is 2.02. The number of hydrogen-bond donors (Lipinski definition) is 0. The molecule has 0 spiro atoms. The maximum Gasteiger partial charge on any atom is 0.416 e. The van der Waals surface area contributed by atoms with E-state index < -0.39 is 17.3 Å². The molecule has 1 fully saturated rings. The number of alkyl halides is 3. The van der Waals surface area contributed by atoms with Gasteiger partial charge in [-0.25, -0.2) is 4.68 Å². The van der Waals surface area contributed by atoms with E-state index in [1.807, 2.05) is 20.8 Å². The smallest absolute Gasteiger partial charge is 0.326 e. The van der Waals surface area contributed by atoms with Crippen LogP contribution in [0.3, 0.4) is 0 Å². The Kier molecular flexibility index (Phi) is 5.45. The lowest BCUT2D eigenvalue weighted by Crippen LogP contribution is -2.47. The van der Waals surface area contributed by atoms with Crippen LogP contribution in [0, 0.1) is 0 Å². The van der Waals surface area contributed by atoms with Crippen LogP contribution in [0.2, 0.25) is 0 Å². The molecule has 1 aliphatic heterocycles. The third-order valence-electron chi connectivity index (χ3n) is 5.26. The number of rotatable bonds is 4. The number of carbonyl (C=O) groups is 1. The van der Waals surface area contributed by atoms with E-state index in [-0.39, 0.29) is 18.5 Å². The highest BCUT2D eigenvalue weighted by atomic mass is 19.4. The first-order valence-electron chi connectivity index (χ1n) is 9.38. The van der Waals surface area contributed by atoms with Gasteiger partial charge >= 0.3 is 6.18 Å². The Morgan fingerprint density at radius 2 is 2.00 bits per heavy atom. The summed E-state index contributed by atoms with van der Waals surface area (Å²) in [6.07, 6.45) is -1.88. The van der Waals surface area contributed by atoms with E-state index in [9.17, 15) is 18.0 Å². The first-order chi connectivity index (χ1) is 13.1. The van der Waals surface area contributed by atoms with Gasteiger partial charge < -0.3 is 4.90 Å². The van der Waals surface area contributed by atoms with Gasteiger partial charge in [0.2, 0.25) is 5.91 Å². The van der Waals surface area contributed by atoms with Gasteiger partial charge in [0.05, 0.1) is 11.6 Å². The number of halogens is 3. The van der Waals surface area contributed by atoms with Crippen molar-refractivity contribution >= 4 is 5.91 Å². The van der Waals surface area contributed by atoms with Gasteiger partial charge in [-0.15, -0.1) is 5.10 Å². The van der Waals surface area contributed by atoms with Gasteiger partial charge in [-0.05, 0) is 61.7 Å². The molecule has 1 amide bonds. The molecule has 0 bridgehead atoms. The number of tetrazole rings is 1. The number of aromatic nitrogens is 4. The van der Waals surface area contributed by atoms with Crippen LogP contribution in [-0.4, -0.2) is 31.0 Å². The van der Waals surface area contributed by atoms with Crippen molar-refractivity contribution in [2.45, 2.75) is 70.8 Å². The van der Waals surface area contributed by atoms with Crippen molar-refractivity contribution in [3.05, 3.63) is 41.2 Å². The number of carbonyl (C=O) groups excluding carboxylic acids is 1. The number of likely N-dealkylation sites (tertiary alicyclic amines) is 1. The number of hydrogen-bond acceptors (Lipinski definition) is 4. The highest BCUT2D eigenvalue weighted by Gasteiger charge is 2.43. The van der Waals surface area contributed by atoms with Crippen molar-refractivity contribution in [3.8, 4) is 0 Å². The number of benzene rings is 1. The van der Waals surface area contributed by atoms with Crippen molar-refractivity contribution in [1.29, 1.82) is 0 Å². The molecule has 9 heteroatoms. The highest BCUT2D eigenvalue weighted by Crippen LogP contribution is 2.38. The van der Waals surface area contributed by atoms with E-state index >= 15 is 0 Å². The van der Waals surface area contributed by atoms with E-state index in [0.29, 0.717) is 24.2 Å². The molecule has 152 valence electrons. The summed E-state index contributed by atoms with van der Waals surface area (Å²) >= 11 is 0. The Bertz CT molecular complexity index is 848. The zero-order valence-corrected chi connectivity index (χ0v) is 16.2. The first kappa shape index (κ1) is 20.3. The van der Waals surface area contributed by atoms with Gasteiger partial charge in [-0.1, -0.05) is 18.6 Å². The summed E-state index contributed by atoms with van der Waals surface area (Å²) in [5.74, 6) is 0.459. The Morgan fingerprint density at radius 1 is 1.25 bits per heavy atom. The van der Waals surface area contributed by atoms with Crippen molar-refractivity contribution < 1.29 is 18.0 Å². The molecule has 28 heavy (non-hydrogen) atoms. The zero-order chi connectivity index (χ0) is 20.5. The SMILES string of the molecule is CC(C)n1nnnc1C1(C)CCCCC(=O)N1Cc1cccc(C(F)(F)F)c1. The monoisotopic (exact) mass is 395 g/mol. The predicted octanol–water partition coefficient (Wildman–Crippen LogP) is 4.09. The second-order valence-electron chi connectivity index (χ2n) is 7.70. The van der Waals surface area contributed by atoms with E-state index in [1.54, 1.807) is 15.6 Å². The standard InChI is InChI=1S/C19H24F3N5O/c1-13(2)27-17(23-24-25-27)18(3)10-5-4-9-16(28)26(18)12-14-7-6-8-15(11-14)19(20,21)22/h6-8,11,13H,4-5,9-10,12H2,1-3H3. The third kappa shape index (κ3) is 3.88. The second kappa shape index (κ2) is 7.52. The van der Waals surface area contributed by atoms with Crippen LogP contribution >= 0.6 is 0 Å². The summed E-state index contributed by atoms with van der Waals surface area (Å²) in [5.41, 5.74) is -1.09. The van der Waals surface area contributed by atoms with E-state index in [1.165, 1.54) is 6.07 Å². The van der Waals surface area contributed by atoms with Crippen molar-refractivity contribution in [3.63, 3.8) is 0 Å². The molecule has 2 heterocycles. The van der Waals surface area contributed by atoms with Crippen LogP contribution in [0.1, 0.15) is 69.4 Å². The first-order valence-corrected chi connectivity index (χ1v) is 9.38. The molecular formula is C19H24F3N5O. The zero-order valence-electron chi connectivity index (χ0n) is 16.2. The number of amides is 1. The van der Waals surface area contributed by atoms with Gasteiger partial charge in [-0.3, -0.25) is 4.79 Å². The van der Waals surface area contributed by atoms with Crippen LogP contribution in [0.5, 0.6) is 0 Å². The number of nitrogens with zero attached hydrogens (tertiary/aromatic N) is 5. The van der Waals surface area contributed by atoms with E-state index in [0.717, 1.165) is 25.0 Å². The molecule has 0 N–H and O–H groups in total. The maximum absolute atomic E-state index is 13.1. The molecule has 0 aliphatic carbocycles. The predicted molar refractivity (Wildman–Crippen MR) is 96.0 cm³/mol. The second-order valence-corrected chi connectivity index (χ2v) is 7.70. The molecule has 6 nitrogen and oxygen atoms in total. The molecule has 1 aromatic carbocycles. The molecule has 2 aromatic rings. The fourth-order valence-corrected chi connectivity index (χ4v) is 3.71. The van der Waals surface area contributed by atoms with Crippen LogP contribution in [0.15, 0.2) is 24.3 Å². The van der Waals surface area contributed by atoms with Crippen LogP contribution in [0.25, 0.3) is 0 Å². The fraction of sp³-hybridized carbons (Fsp3) is 0.579. The minimum absolute atomic E-state index is 0.00409. The molecular weight excluding hydrogens is 371 g/mol. The average Bonchev–Trinajstić information content (AvgIpc) is 3.08. The summed E-state index contributed by atoms with van der Waals surface area (Å²) in [7, 11) is 0. The summed E-state index contributed by atoms with van der Waals surface area (Å²) in [5, 5.41) is 12.0. The quantitative estimate of drug-likeness (QED) is 0.782. The van der Waals surface area contributed by atoms with Crippen LogP contribution in [-0.2, 0) is 23.1 Å². The summed E-state index contributed by atoms with van der Waals surface area (Å²) in [6, 6.07) is 5.11. The third-order valence-corrected chi connectivity index (χ3v) is 5.26. The molecule has 1 aromatic heterocycles. The minimum Gasteiger partial charge on any atom is -0.326 e. The molecule has 1 saturated heterocycles. The minimum atomic E-state index is -4.43. The summed E-state index contributed by atoms with van der Waals surface area (Å²) < 4.78 is 41.0. The van der Waals surface area contributed by atoms with Crippen LogP contribution in [0.4, 0.5) is 13.2 Å².